The lowest BCUT2D eigenvalue weighted by Gasteiger charge is -2.39. The average Bonchev–Trinajstić information content (AvgIpc) is 3.15. The van der Waals surface area contributed by atoms with E-state index in [0.717, 1.165) is 22.4 Å². The summed E-state index contributed by atoms with van der Waals surface area (Å²) < 4.78 is 14.6. The van der Waals surface area contributed by atoms with Gasteiger partial charge in [0.1, 0.15) is 5.82 Å². The lowest BCUT2D eigenvalue weighted by Crippen LogP contribution is -2.49. The van der Waals surface area contributed by atoms with Crippen molar-refractivity contribution < 1.29 is 8.87 Å². The second-order valence-electron chi connectivity index (χ2n) is 7.91. The Balaban J connectivity index is 1.71. The van der Waals surface area contributed by atoms with Gasteiger partial charge < -0.3 is 9.47 Å². The second kappa shape index (κ2) is 7.28. The molecule has 2 aromatic heterocycles. The molecule has 3 aromatic rings. The van der Waals surface area contributed by atoms with Crippen molar-refractivity contribution in [3.05, 3.63) is 66.4 Å². The van der Waals surface area contributed by atoms with Crippen LogP contribution in [0, 0.1) is 5.82 Å². The predicted octanol–water partition coefficient (Wildman–Crippen LogP) is 5.23. The lowest BCUT2D eigenvalue weighted by molar-refractivity contribution is -0.912. The minimum absolute atomic E-state index is 0.208. The minimum Gasteiger partial charge on any atom is -0.358 e. The Morgan fingerprint density at radius 3 is 2.33 bits per heavy atom. The molecule has 1 N–H and O–H groups in total. The molecule has 0 atom stereocenters. The van der Waals surface area contributed by atoms with Gasteiger partial charge in [0.2, 0.25) is 0 Å². The Morgan fingerprint density at radius 1 is 1.04 bits per heavy atom. The average molecular weight is 364 g/mol. The Hall–Kier alpha value is -2.46. The van der Waals surface area contributed by atoms with Gasteiger partial charge in [0.15, 0.2) is 0 Å². The highest BCUT2D eigenvalue weighted by Crippen LogP contribution is 2.38. The van der Waals surface area contributed by atoms with Crippen LogP contribution in [0.15, 0.2) is 54.9 Å². The number of piperidine rings is 1. The van der Waals surface area contributed by atoms with Crippen molar-refractivity contribution in [2.75, 3.05) is 26.7 Å². The molecule has 3 nitrogen and oxygen atoms in total. The van der Waals surface area contributed by atoms with E-state index in [1.807, 2.05) is 36.7 Å². The van der Waals surface area contributed by atoms with E-state index >= 15 is 0 Å². The first-order chi connectivity index (χ1) is 13.1. The zero-order valence-electron chi connectivity index (χ0n) is 16.1. The van der Waals surface area contributed by atoms with Crippen LogP contribution in [-0.4, -0.2) is 41.1 Å². The number of H-pyrrole nitrogens is 1. The fourth-order valence-corrected chi connectivity index (χ4v) is 4.12. The summed E-state index contributed by atoms with van der Waals surface area (Å²) >= 11 is 0. The Labute approximate surface area is 160 Å². The zero-order chi connectivity index (χ0) is 18.9. The van der Waals surface area contributed by atoms with Gasteiger partial charge in [-0.15, -0.1) is 0 Å². The number of quaternary nitrogens is 1. The summed E-state index contributed by atoms with van der Waals surface area (Å²) in [7, 11) is 2.36. The molecule has 3 heterocycles. The number of aromatic amines is 1. The summed E-state index contributed by atoms with van der Waals surface area (Å²) in [6, 6.07) is 13.1. The molecule has 0 aliphatic carbocycles. The number of benzene rings is 1. The smallest absolute Gasteiger partial charge is 0.123 e. The molecule has 0 bridgehead atoms. The van der Waals surface area contributed by atoms with Gasteiger partial charge in [-0.05, 0) is 60.5 Å². The molecule has 0 saturated carbocycles. The van der Waals surface area contributed by atoms with Gasteiger partial charge in [-0.25, -0.2) is 4.39 Å². The molecule has 0 unspecified atom stereocenters. The summed E-state index contributed by atoms with van der Waals surface area (Å²) in [5.74, 6) is 0.345. The second-order valence-corrected chi connectivity index (χ2v) is 7.91. The number of aromatic nitrogens is 2. The number of nitrogens with zero attached hydrogens (tertiary/aromatic N) is 2. The molecule has 0 spiro atoms. The Morgan fingerprint density at radius 2 is 1.70 bits per heavy atom. The molecule has 140 valence electrons. The molecule has 1 aliphatic rings. The van der Waals surface area contributed by atoms with Crippen molar-refractivity contribution in [3.8, 4) is 22.4 Å². The number of likely N-dealkylation sites (tertiary alicyclic amines) is 1. The van der Waals surface area contributed by atoms with Crippen molar-refractivity contribution in [1.29, 1.82) is 0 Å². The van der Waals surface area contributed by atoms with Crippen molar-refractivity contribution in [1.82, 2.24) is 9.97 Å². The maximum Gasteiger partial charge on any atom is 0.123 e. The topological polar surface area (TPSA) is 28.7 Å². The van der Waals surface area contributed by atoms with E-state index in [-0.39, 0.29) is 5.82 Å². The maximum atomic E-state index is 13.4. The van der Waals surface area contributed by atoms with Gasteiger partial charge in [-0.3, -0.25) is 4.98 Å². The molecule has 1 saturated heterocycles. The quantitative estimate of drug-likeness (QED) is 0.631. The van der Waals surface area contributed by atoms with Crippen molar-refractivity contribution in [2.24, 2.45) is 0 Å². The molecule has 4 rings (SSSR count). The lowest BCUT2D eigenvalue weighted by atomic mass is 9.92. The summed E-state index contributed by atoms with van der Waals surface area (Å²) in [5, 5.41) is 0. The number of rotatable bonds is 4. The number of pyridine rings is 1. The van der Waals surface area contributed by atoms with Crippen LogP contribution in [-0.2, 0) is 0 Å². The van der Waals surface area contributed by atoms with Crippen LogP contribution in [0.4, 0.5) is 4.39 Å². The Kier molecular flexibility index (Phi) is 4.83. The van der Waals surface area contributed by atoms with Crippen molar-refractivity contribution in [2.45, 2.75) is 25.7 Å². The number of halogens is 1. The van der Waals surface area contributed by atoms with Crippen LogP contribution in [0.25, 0.3) is 22.4 Å². The van der Waals surface area contributed by atoms with E-state index in [1.165, 1.54) is 54.8 Å². The van der Waals surface area contributed by atoms with E-state index in [0.29, 0.717) is 5.92 Å². The molecular weight excluding hydrogens is 337 g/mol. The van der Waals surface area contributed by atoms with E-state index in [2.05, 4.69) is 30.0 Å². The summed E-state index contributed by atoms with van der Waals surface area (Å²) in [5.41, 5.74) is 5.67. The highest BCUT2D eigenvalue weighted by atomic mass is 19.1. The monoisotopic (exact) mass is 364 g/mol. The Bertz CT molecular complexity index is 891. The number of hydrogen-bond donors (Lipinski definition) is 1. The van der Waals surface area contributed by atoms with Crippen molar-refractivity contribution in [3.63, 3.8) is 0 Å². The molecule has 1 fully saturated rings. The first-order valence-corrected chi connectivity index (χ1v) is 9.81. The highest BCUT2D eigenvalue weighted by Gasteiger charge is 2.30. The van der Waals surface area contributed by atoms with Gasteiger partial charge in [-0.2, -0.15) is 0 Å². The summed E-state index contributed by atoms with van der Waals surface area (Å²) in [4.78, 5) is 7.83. The molecule has 0 radical (unpaired) electrons. The van der Waals surface area contributed by atoms with Crippen LogP contribution >= 0.6 is 0 Å². The molecular formula is C23H27FN3+. The molecule has 1 aliphatic heterocycles. The van der Waals surface area contributed by atoms with E-state index in [9.17, 15) is 4.39 Å². The summed E-state index contributed by atoms with van der Waals surface area (Å²) in [6.45, 7) is 5.91. The fourth-order valence-electron chi connectivity index (χ4n) is 4.12. The minimum atomic E-state index is -0.208. The third-order valence-electron chi connectivity index (χ3n) is 6.20. The predicted molar refractivity (Wildman–Crippen MR) is 108 cm³/mol. The normalized spacial score (nSPS) is 22.7. The highest BCUT2D eigenvalue weighted by molar-refractivity contribution is 5.81. The third-order valence-corrected chi connectivity index (χ3v) is 6.20. The molecule has 27 heavy (non-hydrogen) atoms. The van der Waals surface area contributed by atoms with E-state index in [1.54, 1.807) is 0 Å². The van der Waals surface area contributed by atoms with Gasteiger partial charge in [-0.1, -0.05) is 0 Å². The zero-order valence-corrected chi connectivity index (χ0v) is 16.1. The van der Waals surface area contributed by atoms with E-state index < -0.39 is 0 Å². The molecule has 1 aromatic carbocycles. The fraction of sp³-hybridized carbons (Fsp3) is 0.348. The van der Waals surface area contributed by atoms with Crippen LogP contribution in [0.2, 0.25) is 0 Å². The standard InChI is InChI=1S/C23H27FN3/c1-3-27(2)14-10-18(11-15-27)22-16-21(17-8-12-25-13-9-17)23(26-22)19-4-6-20(24)7-5-19/h4-9,12-13,16,18,26H,3,10-11,14-15H2,1-2H3/q+1. The van der Waals surface area contributed by atoms with E-state index in [4.69, 9.17) is 0 Å². The van der Waals surface area contributed by atoms with Gasteiger partial charge in [0.25, 0.3) is 0 Å². The first-order valence-electron chi connectivity index (χ1n) is 9.81. The van der Waals surface area contributed by atoms with Crippen LogP contribution in [0.3, 0.4) is 0 Å². The third kappa shape index (κ3) is 3.67. The van der Waals surface area contributed by atoms with Crippen molar-refractivity contribution >= 4 is 0 Å². The number of nitrogens with one attached hydrogen (secondary N) is 1. The summed E-state index contributed by atoms with van der Waals surface area (Å²) in [6.07, 6.45) is 6.04. The van der Waals surface area contributed by atoms with Crippen LogP contribution in [0.1, 0.15) is 31.4 Å². The van der Waals surface area contributed by atoms with Gasteiger partial charge in [0.05, 0.1) is 32.4 Å². The van der Waals surface area contributed by atoms with Crippen LogP contribution in [0.5, 0.6) is 0 Å². The molecule has 4 heteroatoms. The number of hydrogen-bond acceptors (Lipinski definition) is 1. The van der Waals surface area contributed by atoms with Gasteiger partial charge in [0, 0.05) is 42.4 Å². The van der Waals surface area contributed by atoms with Crippen LogP contribution < -0.4 is 0 Å². The first kappa shape index (κ1) is 17.9. The SMILES string of the molecule is CC[N+]1(C)CCC(c2cc(-c3ccncc3)c(-c3ccc(F)cc3)[nH]2)CC1. The molecule has 0 amide bonds. The largest absolute Gasteiger partial charge is 0.358 e. The van der Waals surface area contributed by atoms with Gasteiger partial charge >= 0.3 is 0 Å². The maximum absolute atomic E-state index is 13.4.